The van der Waals surface area contributed by atoms with Crippen molar-refractivity contribution < 1.29 is 18.1 Å². The van der Waals surface area contributed by atoms with Gasteiger partial charge in [-0.1, -0.05) is 18.2 Å². The van der Waals surface area contributed by atoms with E-state index in [1.54, 1.807) is 24.3 Å². The minimum Gasteiger partial charge on any atom is -0.268 e. The normalized spacial score (nSPS) is 12.0. The standard InChI is InChI=1S/C13H10F3N3O2/c14-13(15,16)12-5-6-18(17-12)9-11-3-1-2-10(8-11)4-7-19(20)21/h1-8H,9H2. The Labute approximate surface area is 117 Å². The second-order valence-corrected chi connectivity index (χ2v) is 4.24. The first-order chi connectivity index (χ1) is 9.84. The maximum atomic E-state index is 12.4. The van der Waals surface area contributed by atoms with Crippen LogP contribution in [0.3, 0.4) is 0 Å². The summed E-state index contributed by atoms with van der Waals surface area (Å²) in [5, 5.41) is 13.7. The minimum absolute atomic E-state index is 0.149. The maximum Gasteiger partial charge on any atom is 0.435 e. The van der Waals surface area contributed by atoms with Crippen LogP contribution in [0.2, 0.25) is 0 Å². The van der Waals surface area contributed by atoms with E-state index in [1.165, 1.54) is 17.0 Å². The van der Waals surface area contributed by atoms with E-state index < -0.39 is 16.8 Å². The quantitative estimate of drug-likeness (QED) is 0.643. The zero-order valence-electron chi connectivity index (χ0n) is 10.6. The van der Waals surface area contributed by atoms with Crippen LogP contribution in [0, 0.1) is 10.1 Å². The zero-order valence-corrected chi connectivity index (χ0v) is 10.6. The van der Waals surface area contributed by atoms with Crippen LogP contribution in [0.15, 0.2) is 42.7 Å². The number of alkyl halides is 3. The molecule has 0 atom stereocenters. The van der Waals surface area contributed by atoms with Gasteiger partial charge in [0, 0.05) is 12.3 Å². The lowest BCUT2D eigenvalue weighted by Crippen LogP contribution is -2.08. The van der Waals surface area contributed by atoms with Crippen molar-refractivity contribution >= 4 is 6.08 Å². The summed E-state index contributed by atoms with van der Waals surface area (Å²) in [5.41, 5.74) is 0.330. The van der Waals surface area contributed by atoms with Crippen LogP contribution in [0.25, 0.3) is 6.08 Å². The van der Waals surface area contributed by atoms with Crippen LogP contribution in [0.1, 0.15) is 16.8 Å². The number of benzene rings is 1. The summed E-state index contributed by atoms with van der Waals surface area (Å²) in [7, 11) is 0. The number of halogens is 3. The van der Waals surface area contributed by atoms with Gasteiger partial charge in [-0.15, -0.1) is 0 Å². The molecule has 0 saturated carbocycles. The van der Waals surface area contributed by atoms with Gasteiger partial charge in [0.25, 0.3) is 0 Å². The van der Waals surface area contributed by atoms with Gasteiger partial charge < -0.3 is 0 Å². The molecular formula is C13H10F3N3O2. The molecule has 0 spiro atoms. The maximum absolute atomic E-state index is 12.4. The summed E-state index contributed by atoms with van der Waals surface area (Å²) in [4.78, 5) is 9.66. The van der Waals surface area contributed by atoms with E-state index in [4.69, 9.17) is 0 Å². The average Bonchev–Trinajstić information content (AvgIpc) is 2.85. The third-order valence-electron chi connectivity index (χ3n) is 2.62. The fourth-order valence-corrected chi connectivity index (χ4v) is 1.73. The van der Waals surface area contributed by atoms with Gasteiger partial charge in [-0.25, -0.2) is 0 Å². The molecule has 21 heavy (non-hydrogen) atoms. The molecule has 110 valence electrons. The molecule has 8 heteroatoms. The van der Waals surface area contributed by atoms with Gasteiger partial charge >= 0.3 is 6.18 Å². The molecule has 1 aromatic heterocycles. The summed E-state index contributed by atoms with van der Waals surface area (Å²) < 4.78 is 38.5. The van der Waals surface area contributed by atoms with Crippen LogP contribution in [-0.2, 0) is 12.7 Å². The molecule has 0 fully saturated rings. The van der Waals surface area contributed by atoms with Crippen LogP contribution in [0.4, 0.5) is 13.2 Å². The molecule has 2 rings (SSSR count). The molecule has 0 amide bonds. The summed E-state index contributed by atoms with van der Waals surface area (Å²) in [5.74, 6) is 0. The Hall–Kier alpha value is -2.64. The molecule has 0 bridgehead atoms. The van der Waals surface area contributed by atoms with Gasteiger partial charge in [-0.05, 0) is 23.3 Å². The fourth-order valence-electron chi connectivity index (χ4n) is 1.73. The summed E-state index contributed by atoms with van der Waals surface area (Å²) in [6.45, 7) is 0.149. The van der Waals surface area contributed by atoms with Crippen molar-refractivity contribution in [2.45, 2.75) is 12.7 Å². The number of nitrogens with zero attached hydrogens (tertiary/aromatic N) is 3. The van der Waals surface area contributed by atoms with E-state index in [9.17, 15) is 23.3 Å². The van der Waals surface area contributed by atoms with Gasteiger partial charge in [0.15, 0.2) is 5.69 Å². The summed E-state index contributed by atoms with van der Waals surface area (Å²) in [6, 6.07) is 7.58. The van der Waals surface area contributed by atoms with E-state index in [-0.39, 0.29) is 6.54 Å². The predicted molar refractivity (Wildman–Crippen MR) is 68.8 cm³/mol. The second kappa shape index (κ2) is 5.78. The first-order valence-corrected chi connectivity index (χ1v) is 5.86. The van der Waals surface area contributed by atoms with Gasteiger partial charge in [0.1, 0.15) is 0 Å². The van der Waals surface area contributed by atoms with Gasteiger partial charge in [0.05, 0.1) is 11.5 Å². The van der Waals surface area contributed by atoms with Crippen molar-refractivity contribution in [1.29, 1.82) is 0 Å². The lowest BCUT2D eigenvalue weighted by molar-refractivity contribution is -0.400. The van der Waals surface area contributed by atoms with Crippen molar-refractivity contribution in [1.82, 2.24) is 9.78 Å². The fraction of sp³-hybridized carbons (Fsp3) is 0.154. The molecule has 0 aliphatic heterocycles. The van der Waals surface area contributed by atoms with E-state index in [0.717, 1.165) is 12.3 Å². The Bertz CT molecular complexity index is 677. The van der Waals surface area contributed by atoms with Crippen molar-refractivity contribution in [3.63, 3.8) is 0 Å². The van der Waals surface area contributed by atoms with Crippen LogP contribution in [-0.4, -0.2) is 14.7 Å². The third kappa shape index (κ3) is 4.16. The smallest absolute Gasteiger partial charge is 0.268 e. The Morgan fingerprint density at radius 1 is 1.33 bits per heavy atom. The largest absolute Gasteiger partial charge is 0.435 e. The van der Waals surface area contributed by atoms with Gasteiger partial charge in [-0.2, -0.15) is 18.3 Å². The van der Waals surface area contributed by atoms with Crippen LogP contribution in [0.5, 0.6) is 0 Å². The molecule has 1 heterocycles. The molecule has 1 aromatic carbocycles. The number of nitro groups is 1. The molecule has 2 aromatic rings. The predicted octanol–water partition coefficient (Wildman–Crippen LogP) is 3.20. The first kappa shape index (κ1) is 14.8. The first-order valence-electron chi connectivity index (χ1n) is 5.86. The highest BCUT2D eigenvalue weighted by Crippen LogP contribution is 2.27. The van der Waals surface area contributed by atoms with Crippen LogP contribution >= 0.6 is 0 Å². The molecule has 5 nitrogen and oxygen atoms in total. The number of hydrogen-bond acceptors (Lipinski definition) is 3. The van der Waals surface area contributed by atoms with E-state index in [0.29, 0.717) is 11.1 Å². The highest BCUT2D eigenvalue weighted by Gasteiger charge is 2.33. The van der Waals surface area contributed by atoms with Crippen molar-refractivity contribution in [2.24, 2.45) is 0 Å². The average molecular weight is 297 g/mol. The summed E-state index contributed by atoms with van der Waals surface area (Å²) >= 11 is 0. The lowest BCUT2D eigenvalue weighted by Gasteiger charge is -2.04. The number of aromatic nitrogens is 2. The molecule has 0 N–H and O–H groups in total. The highest BCUT2D eigenvalue weighted by molar-refractivity contribution is 5.49. The molecular weight excluding hydrogens is 287 g/mol. The van der Waals surface area contributed by atoms with E-state index >= 15 is 0 Å². The van der Waals surface area contributed by atoms with Gasteiger partial charge in [-0.3, -0.25) is 14.8 Å². The zero-order chi connectivity index (χ0) is 15.5. The van der Waals surface area contributed by atoms with Crippen molar-refractivity contribution in [2.75, 3.05) is 0 Å². The Kier molecular flexibility index (Phi) is 4.06. The monoisotopic (exact) mass is 297 g/mol. The molecule has 0 saturated heterocycles. The van der Waals surface area contributed by atoms with E-state index in [2.05, 4.69) is 5.10 Å². The molecule has 0 unspecified atom stereocenters. The Balaban J connectivity index is 2.15. The second-order valence-electron chi connectivity index (χ2n) is 4.24. The third-order valence-corrected chi connectivity index (χ3v) is 2.62. The van der Waals surface area contributed by atoms with Crippen molar-refractivity contribution in [3.8, 4) is 0 Å². The van der Waals surface area contributed by atoms with Crippen molar-refractivity contribution in [3.05, 3.63) is 69.7 Å². The molecule has 0 radical (unpaired) electrons. The highest BCUT2D eigenvalue weighted by atomic mass is 19.4. The summed E-state index contributed by atoms with van der Waals surface area (Å²) in [6.07, 6.45) is -1.12. The van der Waals surface area contributed by atoms with E-state index in [1.807, 2.05) is 0 Å². The number of rotatable bonds is 4. The number of hydrogen-bond donors (Lipinski definition) is 0. The lowest BCUT2D eigenvalue weighted by atomic mass is 10.1. The minimum atomic E-state index is -4.47. The molecule has 0 aliphatic rings. The topological polar surface area (TPSA) is 61.0 Å². The Morgan fingerprint density at radius 2 is 2.10 bits per heavy atom. The Morgan fingerprint density at radius 3 is 2.71 bits per heavy atom. The SMILES string of the molecule is O=[N+]([O-])C=Cc1cccc(Cn2ccc(C(F)(F)F)n2)c1. The molecule has 0 aliphatic carbocycles. The van der Waals surface area contributed by atoms with Gasteiger partial charge in [0.2, 0.25) is 6.20 Å². The van der Waals surface area contributed by atoms with Crippen LogP contribution < -0.4 is 0 Å².